The lowest BCUT2D eigenvalue weighted by Crippen LogP contribution is -2.14. The summed E-state index contributed by atoms with van der Waals surface area (Å²) in [5.41, 5.74) is 5.80. The normalized spacial score (nSPS) is 10.8. The molecule has 0 bridgehead atoms. The van der Waals surface area contributed by atoms with Crippen molar-refractivity contribution in [3.63, 3.8) is 0 Å². The van der Waals surface area contributed by atoms with Gasteiger partial charge in [-0.2, -0.15) is 0 Å². The van der Waals surface area contributed by atoms with Gasteiger partial charge in [0.2, 0.25) is 0 Å². The number of nitrogens with zero attached hydrogens (tertiary/aromatic N) is 1. The maximum absolute atomic E-state index is 14.4. The Bertz CT molecular complexity index is 1580. The quantitative estimate of drug-likeness (QED) is 0.178. The summed E-state index contributed by atoms with van der Waals surface area (Å²) in [6.45, 7) is 2.65. The maximum Gasteiger partial charge on any atom is 0.255 e. The number of aromatic amines is 1. The van der Waals surface area contributed by atoms with Crippen LogP contribution in [0.15, 0.2) is 95.6 Å². The molecule has 0 unspecified atom stereocenters. The van der Waals surface area contributed by atoms with Crippen LogP contribution < -0.4 is 10.6 Å². The Morgan fingerprint density at radius 2 is 1.74 bits per heavy atom. The van der Waals surface area contributed by atoms with Crippen LogP contribution in [-0.4, -0.2) is 15.9 Å². The summed E-state index contributed by atoms with van der Waals surface area (Å²) in [5.74, 6) is -0.388. The molecule has 0 aliphatic rings. The zero-order valence-electron chi connectivity index (χ0n) is 20.4. The fourth-order valence-electron chi connectivity index (χ4n) is 4.07. The molecule has 0 spiro atoms. The van der Waals surface area contributed by atoms with Gasteiger partial charge in [-0.25, -0.2) is 9.37 Å². The molecule has 4 aromatic carbocycles. The highest BCUT2D eigenvalue weighted by Crippen LogP contribution is 2.34. The van der Waals surface area contributed by atoms with Crippen LogP contribution in [0, 0.1) is 12.7 Å². The number of aromatic nitrogens is 2. The van der Waals surface area contributed by atoms with Crippen LogP contribution in [0.4, 0.5) is 15.8 Å². The summed E-state index contributed by atoms with van der Waals surface area (Å²) in [5, 5.41) is 6.69. The summed E-state index contributed by atoms with van der Waals surface area (Å²) in [4.78, 5) is 20.7. The number of hydrogen-bond acceptors (Lipinski definition) is 3. The summed E-state index contributed by atoms with van der Waals surface area (Å²) >= 11 is 9.67. The second-order valence-electron chi connectivity index (χ2n) is 8.76. The molecule has 1 aromatic heterocycles. The van der Waals surface area contributed by atoms with Crippen LogP contribution >= 0.6 is 27.5 Å². The van der Waals surface area contributed by atoms with Gasteiger partial charge in [0.1, 0.15) is 21.9 Å². The number of anilines is 2. The second kappa shape index (κ2) is 11.2. The molecule has 3 N–H and O–H groups in total. The zero-order chi connectivity index (χ0) is 26.6. The standard InChI is InChI=1S/C30H23BrClFN4O/c1-18-10-15-24(25(16-18)34-17-19-6-3-2-4-7-19)35-30(38)21-13-11-20(12-14-21)27-28(31)37-29(36-27)26-22(32)8-5-9-23(26)33/h2-16,34H,17H2,1H3,(H,35,38)(H,36,37). The van der Waals surface area contributed by atoms with E-state index in [1.165, 1.54) is 6.07 Å². The fraction of sp³-hybridized carbons (Fsp3) is 0.0667. The number of aryl methyl sites for hydroxylation is 1. The number of halogens is 3. The summed E-state index contributed by atoms with van der Waals surface area (Å²) in [6.07, 6.45) is 0. The molecule has 1 amide bonds. The molecule has 5 rings (SSSR count). The Morgan fingerprint density at radius 1 is 0.974 bits per heavy atom. The maximum atomic E-state index is 14.4. The van der Waals surface area contributed by atoms with Crippen molar-refractivity contribution < 1.29 is 9.18 Å². The van der Waals surface area contributed by atoms with Crippen molar-refractivity contribution in [2.24, 2.45) is 0 Å². The Hall–Kier alpha value is -3.94. The fourth-order valence-corrected chi connectivity index (χ4v) is 4.82. The molecule has 190 valence electrons. The molecule has 0 aliphatic heterocycles. The van der Waals surface area contributed by atoms with Crippen molar-refractivity contribution in [2.45, 2.75) is 13.5 Å². The minimum absolute atomic E-state index is 0.201. The third-order valence-corrected chi connectivity index (χ3v) is 6.92. The van der Waals surface area contributed by atoms with Crippen molar-refractivity contribution >= 4 is 44.8 Å². The van der Waals surface area contributed by atoms with E-state index in [9.17, 15) is 9.18 Å². The highest BCUT2D eigenvalue weighted by atomic mass is 79.9. The molecule has 0 saturated carbocycles. The van der Waals surface area contributed by atoms with Crippen LogP contribution in [0.2, 0.25) is 5.02 Å². The molecular weight excluding hydrogens is 567 g/mol. The first-order valence-corrected chi connectivity index (χ1v) is 13.1. The van der Waals surface area contributed by atoms with Gasteiger partial charge in [-0.05, 0) is 70.4 Å². The molecule has 1 heterocycles. The Morgan fingerprint density at radius 3 is 2.47 bits per heavy atom. The van der Waals surface area contributed by atoms with E-state index in [1.54, 1.807) is 36.4 Å². The van der Waals surface area contributed by atoms with Gasteiger partial charge < -0.3 is 15.6 Å². The van der Waals surface area contributed by atoms with Crippen LogP contribution in [0.1, 0.15) is 21.5 Å². The van der Waals surface area contributed by atoms with Crippen molar-refractivity contribution in [3.8, 4) is 22.6 Å². The molecule has 5 aromatic rings. The van der Waals surface area contributed by atoms with Crippen molar-refractivity contribution in [2.75, 3.05) is 10.6 Å². The molecular formula is C30H23BrClFN4O. The monoisotopic (exact) mass is 588 g/mol. The first-order chi connectivity index (χ1) is 18.4. The molecule has 0 fully saturated rings. The minimum Gasteiger partial charge on any atom is -0.379 e. The number of benzene rings is 4. The van der Waals surface area contributed by atoms with E-state index in [2.05, 4.69) is 36.5 Å². The van der Waals surface area contributed by atoms with Gasteiger partial charge in [0.15, 0.2) is 0 Å². The highest BCUT2D eigenvalue weighted by molar-refractivity contribution is 9.10. The molecule has 0 saturated heterocycles. The average molecular weight is 590 g/mol. The van der Waals surface area contributed by atoms with E-state index in [-0.39, 0.29) is 16.5 Å². The SMILES string of the molecule is Cc1ccc(NC(=O)c2ccc(-c3nc(-c4c(F)cccc4Cl)[nH]c3Br)cc2)c(NCc2ccccc2)c1. The smallest absolute Gasteiger partial charge is 0.255 e. The predicted octanol–water partition coefficient (Wildman–Crippen LogP) is 8.47. The van der Waals surface area contributed by atoms with Gasteiger partial charge >= 0.3 is 0 Å². The van der Waals surface area contributed by atoms with E-state index < -0.39 is 5.82 Å². The number of imidazole rings is 1. The molecule has 0 atom stereocenters. The van der Waals surface area contributed by atoms with E-state index in [4.69, 9.17) is 11.6 Å². The van der Waals surface area contributed by atoms with Crippen molar-refractivity contribution in [3.05, 3.63) is 123 Å². The van der Waals surface area contributed by atoms with Gasteiger partial charge in [0.05, 0.1) is 22.0 Å². The van der Waals surface area contributed by atoms with E-state index in [1.807, 2.05) is 55.5 Å². The number of amides is 1. The average Bonchev–Trinajstić information content (AvgIpc) is 3.30. The predicted molar refractivity (Wildman–Crippen MR) is 155 cm³/mol. The van der Waals surface area contributed by atoms with E-state index in [0.29, 0.717) is 33.9 Å². The summed E-state index contributed by atoms with van der Waals surface area (Å²) < 4.78 is 15.0. The molecule has 8 heteroatoms. The molecule has 0 radical (unpaired) electrons. The number of rotatable bonds is 7. The van der Waals surface area contributed by atoms with Gasteiger partial charge in [0, 0.05) is 17.7 Å². The van der Waals surface area contributed by atoms with Crippen molar-refractivity contribution in [1.82, 2.24) is 9.97 Å². The van der Waals surface area contributed by atoms with Gasteiger partial charge in [-0.1, -0.05) is 66.2 Å². The van der Waals surface area contributed by atoms with E-state index >= 15 is 0 Å². The van der Waals surface area contributed by atoms with Gasteiger partial charge in [-0.15, -0.1) is 0 Å². The lowest BCUT2D eigenvalue weighted by Gasteiger charge is -2.14. The minimum atomic E-state index is -0.467. The summed E-state index contributed by atoms with van der Waals surface area (Å²) in [6, 6.07) is 27.5. The number of carbonyl (C=O) groups excluding carboxylic acids is 1. The number of hydrogen-bond donors (Lipinski definition) is 3. The number of carbonyl (C=O) groups is 1. The number of H-pyrrole nitrogens is 1. The van der Waals surface area contributed by atoms with Crippen LogP contribution in [0.3, 0.4) is 0 Å². The third-order valence-electron chi connectivity index (χ3n) is 6.03. The first kappa shape index (κ1) is 25.7. The topological polar surface area (TPSA) is 69.8 Å². The Kier molecular flexibility index (Phi) is 7.58. The highest BCUT2D eigenvalue weighted by Gasteiger charge is 2.18. The Balaban J connectivity index is 1.33. The van der Waals surface area contributed by atoms with Gasteiger partial charge in [0.25, 0.3) is 5.91 Å². The second-order valence-corrected chi connectivity index (χ2v) is 9.96. The molecule has 0 aliphatic carbocycles. The Labute approximate surface area is 233 Å². The number of nitrogens with one attached hydrogen (secondary N) is 3. The lowest BCUT2D eigenvalue weighted by atomic mass is 10.1. The van der Waals surface area contributed by atoms with Crippen LogP contribution in [0.5, 0.6) is 0 Å². The van der Waals surface area contributed by atoms with Crippen molar-refractivity contribution in [1.29, 1.82) is 0 Å². The van der Waals surface area contributed by atoms with Crippen LogP contribution in [0.25, 0.3) is 22.6 Å². The van der Waals surface area contributed by atoms with E-state index in [0.717, 1.165) is 22.4 Å². The third kappa shape index (κ3) is 5.64. The molecule has 5 nitrogen and oxygen atoms in total. The zero-order valence-corrected chi connectivity index (χ0v) is 22.7. The van der Waals surface area contributed by atoms with Crippen LogP contribution in [-0.2, 0) is 6.54 Å². The largest absolute Gasteiger partial charge is 0.379 e. The summed E-state index contributed by atoms with van der Waals surface area (Å²) in [7, 11) is 0. The molecule has 38 heavy (non-hydrogen) atoms. The lowest BCUT2D eigenvalue weighted by molar-refractivity contribution is 0.102. The van der Waals surface area contributed by atoms with Gasteiger partial charge in [-0.3, -0.25) is 4.79 Å². The first-order valence-electron chi connectivity index (χ1n) is 11.9.